The van der Waals surface area contributed by atoms with Crippen molar-refractivity contribution in [2.24, 2.45) is 0 Å². The highest BCUT2D eigenvalue weighted by Gasteiger charge is 2.12. The van der Waals surface area contributed by atoms with Crippen LogP contribution in [0.1, 0.15) is 23.8 Å². The van der Waals surface area contributed by atoms with Crippen LogP contribution in [-0.2, 0) is 12.8 Å². The van der Waals surface area contributed by atoms with Crippen LogP contribution in [0, 0.1) is 11.6 Å². The normalized spacial score (nSPS) is 10.8. The Balaban J connectivity index is 2.09. The van der Waals surface area contributed by atoms with Crippen LogP contribution in [0.25, 0.3) is 0 Å². The maximum absolute atomic E-state index is 13.4. The Hall–Kier alpha value is -1.49. The molecule has 6 heteroatoms. The second-order valence-corrected chi connectivity index (χ2v) is 4.15. The molecule has 1 heterocycles. The fourth-order valence-electron chi connectivity index (χ4n) is 1.53. The molecule has 0 unspecified atom stereocenters. The summed E-state index contributed by atoms with van der Waals surface area (Å²) >= 11 is 5.55. The first kappa shape index (κ1) is 13.0. The zero-order valence-electron chi connectivity index (χ0n) is 9.50. The third-order valence-corrected chi connectivity index (χ3v) is 2.67. The van der Waals surface area contributed by atoms with E-state index in [1.807, 2.05) is 0 Å². The highest BCUT2D eigenvalue weighted by atomic mass is 35.5. The van der Waals surface area contributed by atoms with E-state index in [1.54, 1.807) is 0 Å². The Morgan fingerprint density at radius 2 is 1.94 bits per heavy atom. The fourth-order valence-corrected chi connectivity index (χ4v) is 1.66. The van der Waals surface area contributed by atoms with Crippen LogP contribution in [0.2, 0.25) is 0 Å². The second kappa shape index (κ2) is 5.91. The number of aryl methyl sites for hydroxylation is 1. The van der Waals surface area contributed by atoms with Gasteiger partial charge in [-0.15, -0.1) is 21.8 Å². The molecule has 0 spiro atoms. The van der Waals surface area contributed by atoms with Crippen LogP contribution >= 0.6 is 11.6 Å². The highest BCUT2D eigenvalue weighted by molar-refractivity contribution is 6.17. The lowest BCUT2D eigenvalue weighted by molar-refractivity contribution is 0.448. The molecule has 96 valence electrons. The van der Waals surface area contributed by atoms with Gasteiger partial charge in [0.05, 0.1) is 6.42 Å². The van der Waals surface area contributed by atoms with Crippen LogP contribution in [-0.4, -0.2) is 16.1 Å². The molecule has 0 radical (unpaired) electrons. The van der Waals surface area contributed by atoms with Crippen molar-refractivity contribution in [2.75, 3.05) is 5.88 Å². The van der Waals surface area contributed by atoms with Gasteiger partial charge in [0.15, 0.2) is 11.6 Å². The van der Waals surface area contributed by atoms with Gasteiger partial charge in [0.2, 0.25) is 11.8 Å². The average Bonchev–Trinajstić information content (AvgIpc) is 2.80. The molecule has 0 N–H and O–H groups in total. The number of halogens is 3. The van der Waals surface area contributed by atoms with E-state index >= 15 is 0 Å². The molecule has 1 aromatic heterocycles. The van der Waals surface area contributed by atoms with Crippen molar-refractivity contribution >= 4 is 11.6 Å². The molecule has 2 aromatic rings. The van der Waals surface area contributed by atoms with Crippen LogP contribution in [0.3, 0.4) is 0 Å². The molecular weight excluding hydrogens is 262 g/mol. The lowest BCUT2D eigenvalue weighted by Crippen LogP contribution is -1.95. The average molecular weight is 273 g/mol. The summed E-state index contributed by atoms with van der Waals surface area (Å²) in [6, 6.07) is 4.00. The Morgan fingerprint density at radius 3 is 2.72 bits per heavy atom. The van der Waals surface area contributed by atoms with Gasteiger partial charge in [-0.3, -0.25) is 0 Å². The van der Waals surface area contributed by atoms with Gasteiger partial charge in [-0.1, -0.05) is 12.1 Å². The smallest absolute Gasteiger partial charge is 0.221 e. The SMILES string of the molecule is Fc1cccc(Cc2nnc(CCCCl)o2)c1F. The highest BCUT2D eigenvalue weighted by Crippen LogP contribution is 2.15. The molecule has 0 atom stereocenters. The molecule has 2 rings (SSSR count). The number of aromatic nitrogens is 2. The van der Waals surface area contributed by atoms with E-state index in [1.165, 1.54) is 12.1 Å². The van der Waals surface area contributed by atoms with E-state index in [9.17, 15) is 8.78 Å². The largest absolute Gasteiger partial charge is 0.425 e. The summed E-state index contributed by atoms with van der Waals surface area (Å²) in [5, 5.41) is 7.60. The Bertz CT molecular complexity index is 531. The maximum Gasteiger partial charge on any atom is 0.221 e. The first-order chi connectivity index (χ1) is 8.70. The minimum atomic E-state index is -0.880. The van der Waals surface area contributed by atoms with Gasteiger partial charge in [0.25, 0.3) is 0 Å². The summed E-state index contributed by atoms with van der Waals surface area (Å²) < 4.78 is 31.7. The van der Waals surface area contributed by atoms with E-state index in [4.69, 9.17) is 16.0 Å². The maximum atomic E-state index is 13.4. The molecule has 18 heavy (non-hydrogen) atoms. The summed E-state index contributed by atoms with van der Waals surface area (Å²) in [4.78, 5) is 0. The van der Waals surface area contributed by atoms with Crippen LogP contribution in [0.15, 0.2) is 22.6 Å². The topological polar surface area (TPSA) is 38.9 Å². The molecule has 0 bridgehead atoms. The predicted molar refractivity (Wildman–Crippen MR) is 62.5 cm³/mol. The van der Waals surface area contributed by atoms with E-state index in [0.29, 0.717) is 18.2 Å². The molecule has 0 saturated carbocycles. The van der Waals surface area contributed by atoms with Gasteiger partial charge in [-0.2, -0.15) is 0 Å². The summed E-state index contributed by atoms with van der Waals surface area (Å²) in [5.74, 6) is -0.519. The van der Waals surface area contributed by atoms with Gasteiger partial charge >= 0.3 is 0 Å². The monoisotopic (exact) mass is 272 g/mol. The van der Waals surface area contributed by atoms with Crippen molar-refractivity contribution in [3.8, 4) is 0 Å². The number of hydrogen-bond acceptors (Lipinski definition) is 3. The van der Waals surface area contributed by atoms with Gasteiger partial charge in [-0.05, 0) is 12.5 Å². The number of nitrogens with zero attached hydrogens (tertiary/aromatic N) is 2. The molecule has 3 nitrogen and oxygen atoms in total. The van der Waals surface area contributed by atoms with E-state index in [0.717, 1.165) is 12.5 Å². The Kier molecular flexibility index (Phi) is 4.25. The summed E-state index contributed by atoms with van der Waals surface area (Å²) in [6.07, 6.45) is 1.40. The summed E-state index contributed by atoms with van der Waals surface area (Å²) in [7, 11) is 0. The van der Waals surface area contributed by atoms with Crippen molar-refractivity contribution in [3.05, 3.63) is 47.2 Å². The van der Waals surface area contributed by atoms with Gasteiger partial charge in [0, 0.05) is 17.9 Å². The fraction of sp³-hybridized carbons (Fsp3) is 0.333. The number of hydrogen-bond donors (Lipinski definition) is 0. The van der Waals surface area contributed by atoms with Crippen molar-refractivity contribution in [1.29, 1.82) is 0 Å². The van der Waals surface area contributed by atoms with Crippen molar-refractivity contribution in [2.45, 2.75) is 19.3 Å². The number of rotatable bonds is 5. The zero-order valence-corrected chi connectivity index (χ0v) is 10.3. The standard InChI is InChI=1S/C12H11ClF2N2O/c13-6-2-5-10-16-17-11(18-10)7-8-3-1-4-9(14)12(8)15/h1,3-4H,2,5-7H2. The van der Waals surface area contributed by atoms with E-state index in [2.05, 4.69) is 10.2 Å². The summed E-state index contributed by atoms with van der Waals surface area (Å²) in [6.45, 7) is 0. The van der Waals surface area contributed by atoms with E-state index in [-0.39, 0.29) is 17.9 Å². The Morgan fingerprint density at radius 1 is 1.17 bits per heavy atom. The molecule has 0 aliphatic carbocycles. The number of benzene rings is 1. The lowest BCUT2D eigenvalue weighted by atomic mass is 10.1. The Labute approximate surface area is 108 Å². The quantitative estimate of drug-likeness (QED) is 0.785. The van der Waals surface area contributed by atoms with Crippen molar-refractivity contribution < 1.29 is 13.2 Å². The molecule has 0 aliphatic rings. The van der Waals surface area contributed by atoms with Crippen LogP contribution in [0.5, 0.6) is 0 Å². The minimum absolute atomic E-state index is 0.0808. The zero-order chi connectivity index (χ0) is 13.0. The molecule has 0 fully saturated rings. The first-order valence-electron chi connectivity index (χ1n) is 5.51. The van der Waals surface area contributed by atoms with E-state index < -0.39 is 11.6 Å². The predicted octanol–water partition coefficient (Wildman–Crippen LogP) is 3.11. The second-order valence-electron chi connectivity index (χ2n) is 3.77. The van der Waals surface area contributed by atoms with Crippen molar-refractivity contribution in [1.82, 2.24) is 10.2 Å². The molecular formula is C12H11ClF2N2O. The third-order valence-electron chi connectivity index (χ3n) is 2.41. The van der Waals surface area contributed by atoms with Crippen molar-refractivity contribution in [3.63, 3.8) is 0 Å². The summed E-state index contributed by atoms with van der Waals surface area (Å²) in [5.41, 5.74) is 0.197. The van der Waals surface area contributed by atoms with Gasteiger partial charge in [-0.25, -0.2) is 8.78 Å². The lowest BCUT2D eigenvalue weighted by Gasteiger charge is -1.99. The number of alkyl halides is 1. The molecule has 1 aromatic carbocycles. The minimum Gasteiger partial charge on any atom is -0.425 e. The molecule has 0 amide bonds. The molecule has 0 aliphatic heterocycles. The molecule has 0 saturated heterocycles. The first-order valence-corrected chi connectivity index (χ1v) is 6.04. The van der Waals surface area contributed by atoms with Crippen LogP contribution < -0.4 is 0 Å². The van der Waals surface area contributed by atoms with Gasteiger partial charge < -0.3 is 4.42 Å². The van der Waals surface area contributed by atoms with Crippen LogP contribution in [0.4, 0.5) is 8.78 Å². The third kappa shape index (κ3) is 3.04. The van der Waals surface area contributed by atoms with Gasteiger partial charge in [0.1, 0.15) is 0 Å².